The standard InChI is InChI=1S/C30H37N7O2S/c1-7-36(8-2)14-13-35(6)28-31-18-25-27(33-28)40-29-32-24(19-37(25)29)21-11-9-20(10-12-21)15-23(38)16-22-17-26(39-34-22)30(3,4)5/h9-12,17-19H,7-8,13-16H2,1-6H3. The lowest BCUT2D eigenvalue weighted by Gasteiger charge is -2.23. The maximum Gasteiger partial charge on any atom is 0.226 e. The van der Waals surface area contributed by atoms with Gasteiger partial charge in [-0.1, -0.05) is 75.4 Å². The van der Waals surface area contributed by atoms with Crippen LogP contribution >= 0.6 is 11.3 Å². The van der Waals surface area contributed by atoms with Crippen LogP contribution in [-0.4, -0.2) is 68.4 Å². The molecule has 0 N–H and O–H groups in total. The fourth-order valence-electron chi connectivity index (χ4n) is 4.57. The predicted molar refractivity (Wildman–Crippen MR) is 160 cm³/mol. The second-order valence-corrected chi connectivity index (χ2v) is 12.2. The first-order valence-corrected chi connectivity index (χ1v) is 14.6. The van der Waals surface area contributed by atoms with Crippen LogP contribution in [0.25, 0.3) is 26.6 Å². The van der Waals surface area contributed by atoms with Crippen LogP contribution in [0.5, 0.6) is 0 Å². The Morgan fingerprint density at radius 1 is 1.05 bits per heavy atom. The van der Waals surface area contributed by atoms with E-state index in [-0.39, 0.29) is 17.6 Å². The van der Waals surface area contributed by atoms with Gasteiger partial charge in [0, 0.05) is 49.8 Å². The van der Waals surface area contributed by atoms with Gasteiger partial charge in [0.05, 0.1) is 24.0 Å². The zero-order valence-electron chi connectivity index (χ0n) is 24.1. The van der Waals surface area contributed by atoms with Gasteiger partial charge < -0.3 is 14.3 Å². The number of rotatable bonds is 11. The normalized spacial score (nSPS) is 12.2. The Balaban J connectivity index is 1.25. The van der Waals surface area contributed by atoms with Gasteiger partial charge >= 0.3 is 0 Å². The van der Waals surface area contributed by atoms with E-state index in [1.807, 2.05) is 49.8 Å². The summed E-state index contributed by atoms with van der Waals surface area (Å²) in [5.74, 6) is 1.62. The molecule has 0 fully saturated rings. The molecular formula is C30H37N7O2S. The van der Waals surface area contributed by atoms with Crippen LogP contribution in [0.3, 0.4) is 0 Å². The summed E-state index contributed by atoms with van der Waals surface area (Å²) < 4.78 is 7.46. The maximum atomic E-state index is 12.6. The average molecular weight is 560 g/mol. The number of aromatic nitrogens is 5. The molecule has 10 heteroatoms. The van der Waals surface area contributed by atoms with Crippen molar-refractivity contribution in [2.24, 2.45) is 0 Å². The molecule has 210 valence electrons. The Bertz CT molecular complexity index is 1610. The molecule has 0 bridgehead atoms. The van der Waals surface area contributed by atoms with Crippen molar-refractivity contribution in [2.45, 2.75) is 52.9 Å². The van der Waals surface area contributed by atoms with Gasteiger partial charge in [0.25, 0.3) is 0 Å². The van der Waals surface area contributed by atoms with E-state index in [0.717, 1.165) is 70.0 Å². The van der Waals surface area contributed by atoms with Crippen LogP contribution in [0.2, 0.25) is 0 Å². The van der Waals surface area contributed by atoms with Crippen LogP contribution < -0.4 is 4.90 Å². The van der Waals surface area contributed by atoms with Crippen LogP contribution in [-0.2, 0) is 23.1 Å². The number of Topliss-reactive ketones (excluding diaryl/α,β-unsaturated/α-hetero) is 1. The highest BCUT2D eigenvalue weighted by molar-refractivity contribution is 7.23. The third-order valence-corrected chi connectivity index (χ3v) is 8.12. The second-order valence-electron chi connectivity index (χ2n) is 11.2. The van der Waals surface area contributed by atoms with Crippen molar-refractivity contribution in [1.82, 2.24) is 29.4 Å². The molecule has 4 aromatic heterocycles. The smallest absolute Gasteiger partial charge is 0.226 e. The number of ketones is 1. The van der Waals surface area contributed by atoms with Crippen LogP contribution in [0.4, 0.5) is 5.95 Å². The van der Waals surface area contributed by atoms with Gasteiger partial charge in [0.2, 0.25) is 5.95 Å². The second kappa shape index (κ2) is 11.5. The lowest BCUT2D eigenvalue weighted by Crippen LogP contribution is -2.33. The highest BCUT2D eigenvalue weighted by Crippen LogP contribution is 2.29. The molecule has 40 heavy (non-hydrogen) atoms. The Morgan fingerprint density at radius 2 is 1.80 bits per heavy atom. The Kier molecular flexibility index (Phi) is 8.00. The van der Waals surface area contributed by atoms with Crippen molar-refractivity contribution in [3.8, 4) is 11.3 Å². The summed E-state index contributed by atoms with van der Waals surface area (Å²) in [4.78, 5) is 33.2. The van der Waals surface area contributed by atoms with Crippen LogP contribution in [0.1, 0.15) is 51.6 Å². The summed E-state index contributed by atoms with van der Waals surface area (Å²) in [5.41, 5.74) is 4.34. The van der Waals surface area contributed by atoms with Crippen molar-refractivity contribution >= 4 is 38.4 Å². The Labute approximate surface area is 238 Å². The summed E-state index contributed by atoms with van der Waals surface area (Å²) in [6.45, 7) is 14.5. The topological polar surface area (TPSA) is 92.7 Å². The Morgan fingerprint density at radius 3 is 2.48 bits per heavy atom. The molecule has 0 amide bonds. The lowest BCUT2D eigenvalue weighted by atomic mass is 9.93. The van der Waals surface area contributed by atoms with E-state index in [2.05, 4.69) is 59.0 Å². The number of hydrogen-bond donors (Lipinski definition) is 0. The summed E-state index contributed by atoms with van der Waals surface area (Å²) in [6.07, 6.45) is 4.53. The summed E-state index contributed by atoms with van der Waals surface area (Å²) >= 11 is 1.56. The first kappa shape index (κ1) is 27.9. The number of fused-ring (bicyclic) bond motifs is 3. The van der Waals surface area contributed by atoms with Crippen LogP contribution in [0.15, 0.2) is 47.2 Å². The third-order valence-electron chi connectivity index (χ3n) is 7.16. The molecule has 0 aliphatic heterocycles. The van der Waals surface area contributed by atoms with Crippen LogP contribution in [0, 0.1) is 0 Å². The van der Waals surface area contributed by atoms with Gasteiger partial charge in [-0.15, -0.1) is 0 Å². The maximum absolute atomic E-state index is 12.6. The molecular weight excluding hydrogens is 522 g/mol. The zero-order valence-corrected chi connectivity index (χ0v) is 25.0. The van der Waals surface area contributed by atoms with Crippen molar-refractivity contribution in [3.63, 3.8) is 0 Å². The number of carbonyl (C=O) groups excluding carboxylic acids is 1. The number of nitrogens with zero attached hydrogens (tertiary/aromatic N) is 7. The monoisotopic (exact) mass is 559 g/mol. The summed E-state index contributed by atoms with van der Waals surface area (Å²) in [6, 6.07) is 9.90. The molecule has 0 aliphatic carbocycles. The van der Waals surface area contributed by atoms with Gasteiger partial charge in [0.1, 0.15) is 21.9 Å². The van der Waals surface area contributed by atoms with E-state index < -0.39 is 0 Å². The number of thiazole rings is 1. The lowest BCUT2D eigenvalue weighted by molar-refractivity contribution is -0.117. The number of imidazole rings is 1. The van der Waals surface area contributed by atoms with E-state index >= 15 is 0 Å². The predicted octanol–water partition coefficient (Wildman–Crippen LogP) is 5.42. The SMILES string of the molecule is CCN(CC)CCN(C)c1ncc2c(n1)sc1nc(-c3ccc(CC(=O)Cc4cc(C(C)(C)C)on4)cc3)cn12. The minimum absolute atomic E-state index is 0.105. The van der Waals surface area contributed by atoms with E-state index in [0.29, 0.717) is 12.1 Å². The van der Waals surface area contributed by atoms with Gasteiger partial charge in [-0.25, -0.2) is 15.0 Å². The molecule has 5 aromatic rings. The average Bonchev–Trinajstić information content (AvgIpc) is 3.64. The number of carbonyl (C=O) groups is 1. The van der Waals surface area contributed by atoms with Gasteiger partial charge in [-0.2, -0.15) is 0 Å². The fourth-order valence-corrected chi connectivity index (χ4v) is 5.52. The van der Waals surface area contributed by atoms with E-state index in [1.54, 1.807) is 11.3 Å². The van der Waals surface area contributed by atoms with Gasteiger partial charge in [-0.05, 0) is 18.7 Å². The van der Waals surface area contributed by atoms with Gasteiger partial charge in [0.15, 0.2) is 4.96 Å². The van der Waals surface area contributed by atoms with Gasteiger partial charge in [-0.3, -0.25) is 9.20 Å². The summed E-state index contributed by atoms with van der Waals surface area (Å²) in [7, 11) is 2.04. The third kappa shape index (κ3) is 6.08. The quantitative estimate of drug-likeness (QED) is 0.212. The zero-order chi connectivity index (χ0) is 28.4. The summed E-state index contributed by atoms with van der Waals surface area (Å²) in [5, 5.41) is 4.07. The molecule has 5 rings (SSSR count). The minimum atomic E-state index is -0.129. The number of anilines is 1. The van der Waals surface area contributed by atoms with Crippen molar-refractivity contribution in [1.29, 1.82) is 0 Å². The van der Waals surface area contributed by atoms with Crippen molar-refractivity contribution < 1.29 is 9.32 Å². The Hall–Kier alpha value is -3.63. The van der Waals surface area contributed by atoms with E-state index in [4.69, 9.17) is 14.5 Å². The molecule has 1 aromatic carbocycles. The molecule has 0 saturated heterocycles. The molecule has 0 saturated carbocycles. The molecule has 4 heterocycles. The highest BCUT2D eigenvalue weighted by Gasteiger charge is 2.21. The molecule has 0 unspecified atom stereocenters. The molecule has 9 nitrogen and oxygen atoms in total. The number of benzene rings is 1. The molecule has 0 aliphatic rings. The van der Waals surface area contributed by atoms with E-state index in [9.17, 15) is 4.79 Å². The first-order chi connectivity index (χ1) is 19.1. The highest BCUT2D eigenvalue weighted by atomic mass is 32.1. The van der Waals surface area contributed by atoms with Crippen molar-refractivity contribution in [2.75, 3.05) is 38.1 Å². The fraction of sp³-hybridized carbons (Fsp3) is 0.433. The molecule has 0 spiro atoms. The minimum Gasteiger partial charge on any atom is -0.361 e. The largest absolute Gasteiger partial charge is 0.361 e. The van der Waals surface area contributed by atoms with E-state index in [1.165, 1.54) is 0 Å². The van der Waals surface area contributed by atoms with Crippen molar-refractivity contribution in [3.05, 3.63) is 59.7 Å². The number of likely N-dealkylation sites (N-methyl/N-ethyl adjacent to an activating group) is 2. The number of hydrogen-bond acceptors (Lipinski definition) is 9. The molecule has 0 radical (unpaired) electrons. The first-order valence-electron chi connectivity index (χ1n) is 13.8. The molecule has 0 atom stereocenters.